The molecule has 0 spiro atoms. The largest absolute Gasteiger partial charge is 0.444 e. The molecule has 1 aromatic carbocycles. The minimum Gasteiger partial charge on any atom is -0.444 e. The van der Waals surface area contributed by atoms with E-state index in [2.05, 4.69) is 29.8 Å². The number of alkyl carbamates (subject to hydrolysis) is 1. The molecule has 2 amide bonds. The first-order chi connectivity index (χ1) is 12.6. The zero-order valence-corrected chi connectivity index (χ0v) is 17.0. The van der Waals surface area contributed by atoms with Crippen molar-refractivity contribution in [1.82, 2.24) is 16.0 Å². The van der Waals surface area contributed by atoms with E-state index in [0.29, 0.717) is 18.9 Å². The molecule has 1 aliphatic heterocycles. The van der Waals surface area contributed by atoms with Crippen LogP contribution in [-0.4, -0.2) is 42.3 Å². The average molecular weight is 376 g/mol. The Hall–Kier alpha value is -2.08. The van der Waals surface area contributed by atoms with Crippen molar-refractivity contribution < 1.29 is 14.3 Å². The van der Waals surface area contributed by atoms with Crippen LogP contribution in [0.15, 0.2) is 30.3 Å². The van der Waals surface area contributed by atoms with E-state index in [1.54, 1.807) is 0 Å². The second-order valence-electron chi connectivity index (χ2n) is 8.64. The maximum absolute atomic E-state index is 12.4. The minimum atomic E-state index is -0.560. The zero-order chi connectivity index (χ0) is 20.0. The first kappa shape index (κ1) is 21.2. The lowest BCUT2D eigenvalue weighted by molar-refractivity contribution is -0.125. The fraction of sp³-hybridized carbons (Fsp3) is 0.619. The summed E-state index contributed by atoms with van der Waals surface area (Å²) >= 11 is 0. The smallest absolute Gasteiger partial charge is 0.407 e. The summed E-state index contributed by atoms with van der Waals surface area (Å²) in [7, 11) is 0. The van der Waals surface area contributed by atoms with Crippen LogP contribution in [0.25, 0.3) is 0 Å². The lowest BCUT2D eigenvalue weighted by atomic mass is 9.94. The van der Waals surface area contributed by atoms with Crippen molar-refractivity contribution in [3.8, 4) is 0 Å². The van der Waals surface area contributed by atoms with Crippen molar-refractivity contribution in [2.75, 3.05) is 6.54 Å². The summed E-state index contributed by atoms with van der Waals surface area (Å²) in [6, 6.07) is 9.50. The molecule has 0 aromatic heterocycles. The van der Waals surface area contributed by atoms with Gasteiger partial charge in [-0.2, -0.15) is 0 Å². The van der Waals surface area contributed by atoms with Crippen LogP contribution in [0.4, 0.5) is 4.79 Å². The third-order valence-corrected chi connectivity index (χ3v) is 4.42. The van der Waals surface area contributed by atoms with Crippen molar-refractivity contribution in [3.05, 3.63) is 35.9 Å². The van der Waals surface area contributed by atoms with Crippen molar-refractivity contribution in [1.29, 1.82) is 0 Å². The van der Waals surface area contributed by atoms with Crippen LogP contribution < -0.4 is 16.0 Å². The van der Waals surface area contributed by atoms with Gasteiger partial charge in [-0.25, -0.2) is 4.79 Å². The molecule has 0 bridgehead atoms. The number of amides is 2. The van der Waals surface area contributed by atoms with Crippen molar-refractivity contribution in [2.45, 2.75) is 71.2 Å². The Bertz CT molecular complexity index is 625. The van der Waals surface area contributed by atoms with Crippen LogP contribution in [0, 0.1) is 5.92 Å². The molecule has 1 heterocycles. The van der Waals surface area contributed by atoms with E-state index in [1.165, 1.54) is 0 Å². The van der Waals surface area contributed by atoms with Crippen LogP contribution in [-0.2, 0) is 16.0 Å². The second-order valence-corrected chi connectivity index (χ2v) is 8.64. The molecular formula is C21H33N3O3. The van der Waals surface area contributed by atoms with Crippen LogP contribution in [0.2, 0.25) is 0 Å². The molecule has 2 rings (SSSR count). The fourth-order valence-corrected chi connectivity index (χ4v) is 3.25. The molecule has 150 valence electrons. The van der Waals surface area contributed by atoms with Gasteiger partial charge in [-0.15, -0.1) is 0 Å². The molecule has 0 saturated carbocycles. The Morgan fingerprint density at radius 2 is 1.93 bits per heavy atom. The molecule has 1 aromatic rings. The molecule has 6 nitrogen and oxygen atoms in total. The molecule has 3 N–H and O–H groups in total. The molecule has 1 unspecified atom stereocenters. The molecule has 0 radical (unpaired) electrons. The maximum Gasteiger partial charge on any atom is 0.407 e. The van der Waals surface area contributed by atoms with Gasteiger partial charge in [0.05, 0.1) is 12.1 Å². The zero-order valence-electron chi connectivity index (χ0n) is 17.0. The number of carbonyl (C=O) groups is 2. The number of hydrogen-bond acceptors (Lipinski definition) is 4. The van der Waals surface area contributed by atoms with E-state index in [0.717, 1.165) is 12.0 Å². The Balaban J connectivity index is 2.12. The lowest BCUT2D eigenvalue weighted by Gasteiger charge is -2.37. The summed E-state index contributed by atoms with van der Waals surface area (Å²) in [5, 5.41) is 9.43. The molecule has 0 aliphatic carbocycles. The molecular weight excluding hydrogens is 342 g/mol. The summed E-state index contributed by atoms with van der Waals surface area (Å²) in [4.78, 5) is 24.6. The van der Waals surface area contributed by atoms with E-state index in [4.69, 9.17) is 4.74 Å². The highest BCUT2D eigenvalue weighted by atomic mass is 16.6. The van der Waals surface area contributed by atoms with Gasteiger partial charge < -0.3 is 15.4 Å². The van der Waals surface area contributed by atoms with Gasteiger partial charge in [-0.3, -0.25) is 10.1 Å². The van der Waals surface area contributed by atoms with E-state index in [1.807, 2.05) is 51.1 Å². The first-order valence-corrected chi connectivity index (χ1v) is 9.71. The summed E-state index contributed by atoms with van der Waals surface area (Å²) < 4.78 is 5.44. The normalized spacial score (nSPS) is 21.5. The summed E-state index contributed by atoms with van der Waals surface area (Å²) in [6.45, 7) is 10.2. The number of nitrogens with one attached hydrogen (secondary N) is 3. The molecule has 27 heavy (non-hydrogen) atoms. The van der Waals surface area contributed by atoms with E-state index in [-0.39, 0.29) is 24.0 Å². The van der Waals surface area contributed by atoms with E-state index >= 15 is 0 Å². The van der Waals surface area contributed by atoms with Crippen molar-refractivity contribution >= 4 is 12.0 Å². The Kier molecular flexibility index (Phi) is 7.25. The third kappa shape index (κ3) is 7.21. The molecule has 6 heteroatoms. The van der Waals surface area contributed by atoms with Gasteiger partial charge in [0.1, 0.15) is 5.60 Å². The number of ether oxygens (including phenoxy) is 1. The predicted molar refractivity (Wildman–Crippen MR) is 106 cm³/mol. The highest BCUT2D eigenvalue weighted by Crippen LogP contribution is 2.14. The van der Waals surface area contributed by atoms with Gasteiger partial charge in [0.2, 0.25) is 5.91 Å². The quantitative estimate of drug-likeness (QED) is 0.714. The van der Waals surface area contributed by atoms with Gasteiger partial charge in [0.25, 0.3) is 0 Å². The Labute approximate surface area is 162 Å². The predicted octanol–water partition coefficient (Wildman–Crippen LogP) is 2.63. The molecule has 1 saturated heterocycles. The van der Waals surface area contributed by atoms with E-state index < -0.39 is 11.7 Å². The molecule has 1 aliphatic rings. The lowest BCUT2D eigenvalue weighted by Crippen LogP contribution is -2.65. The van der Waals surface area contributed by atoms with Crippen molar-refractivity contribution in [3.63, 3.8) is 0 Å². The second kappa shape index (κ2) is 9.22. The number of benzene rings is 1. The number of hydrogen-bond donors (Lipinski definition) is 3. The van der Waals surface area contributed by atoms with Gasteiger partial charge in [-0.05, 0) is 45.1 Å². The summed E-state index contributed by atoms with van der Waals surface area (Å²) in [5.74, 6) is 0.425. The van der Waals surface area contributed by atoms with Crippen LogP contribution in [0.1, 0.15) is 46.6 Å². The van der Waals surface area contributed by atoms with Gasteiger partial charge in [-0.1, -0.05) is 44.2 Å². The third-order valence-electron chi connectivity index (χ3n) is 4.42. The van der Waals surface area contributed by atoms with Gasteiger partial charge in [0.15, 0.2) is 0 Å². The van der Waals surface area contributed by atoms with Crippen molar-refractivity contribution in [2.24, 2.45) is 5.92 Å². The van der Waals surface area contributed by atoms with Gasteiger partial charge in [0, 0.05) is 12.6 Å². The molecule has 3 atom stereocenters. The standard InChI is InChI=1S/C21H33N3O3/c1-14(2)11-17-19(25)22-13-18(23-17)16(12-15-9-7-6-8-10-15)24-20(26)27-21(3,4)5/h6-10,14,16-18,23H,11-13H2,1-5H3,(H,22,25)(H,24,26)/t16-,17-,18?/m0/s1. The minimum absolute atomic E-state index is 0.0238. The fourth-order valence-electron chi connectivity index (χ4n) is 3.25. The summed E-state index contributed by atoms with van der Waals surface area (Å²) in [5.41, 5.74) is 0.563. The first-order valence-electron chi connectivity index (χ1n) is 9.71. The molecule has 1 fully saturated rings. The number of piperazine rings is 1. The summed E-state index contributed by atoms with van der Waals surface area (Å²) in [6.07, 6.45) is 0.969. The topological polar surface area (TPSA) is 79.5 Å². The van der Waals surface area contributed by atoms with Crippen LogP contribution in [0.3, 0.4) is 0 Å². The monoisotopic (exact) mass is 375 g/mol. The highest BCUT2D eigenvalue weighted by Gasteiger charge is 2.34. The Morgan fingerprint density at radius 1 is 1.26 bits per heavy atom. The maximum atomic E-state index is 12.4. The van der Waals surface area contributed by atoms with Crippen LogP contribution >= 0.6 is 0 Å². The van der Waals surface area contributed by atoms with E-state index in [9.17, 15) is 9.59 Å². The number of carbonyl (C=O) groups excluding carboxylic acids is 2. The average Bonchev–Trinajstić information content (AvgIpc) is 2.55. The van der Waals surface area contributed by atoms with Gasteiger partial charge >= 0.3 is 6.09 Å². The SMILES string of the molecule is CC(C)C[C@@H]1NC([C@H](Cc2ccccc2)NC(=O)OC(C)(C)C)CNC1=O. The highest BCUT2D eigenvalue weighted by molar-refractivity contribution is 5.82. The van der Waals surface area contributed by atoms with Crippen LogP contribution in [0.5, 0.6) is 0 Å². The number of rotatable bonds is 6. The Morgan fingerprint density at radius 3 is 2.52 bits per heavy atom.